The third-order valence-corrected chi connectivity index (χ3v) is 14.8. The third-order valence-electron chi connectivity index (χ3n) is 14.8. The zero-order valence-corrected chi connectivity index (χ0v) is 44.6. The number of nitrogens with zero attached hydrogens (tertiary/aromatic N) is 2. The van der Waals surface area contributed by atoms with Crippen LogP contribution in [-0.2, 0) is 17.1 Å². The number of aliphatic imine (C=N–C) groups is 2. The summed E-state index contributed by atoms with van der Waals surface area (Å²) >= 11 is 0. The van der Waals surface area contributed by atoms with Gasteiger partial charge in [-0.05, 0) is 116 Å². The summed E-state index contributed by atoms with van der Waals surface area (Å²) in [6.07, 6.45) is 3.70. The van der Waals surface area contributed by atoms with Crippen LogP contribution in [0, 0.1) is 27.7 Å². The van der Waals surface area contributed by atoms with Gasteiger partial charge in [0.05, 0.1) is 0 Å². The normalized spacial score (nSPS) is 12.5. The summed E-state index contributed by atoms with van der Waals surface area (Å²) in [5, 5.41) is 34.1. The molecule has 0 saturated carbocycles. The van der Waals surface area contributed by atoms with E-state index in [9.17, 15) is 10.2 Å². The SMILES string of the molecule is Cc1cc(C)cc([C@@H](N=Cc2cc3ccccc3c(-c3c(-c4ccccc4)ccc4ccccc34)c2O)[C@H](N=Cc2cc3ccccc3c(-c3c(-c4ccccc4)ccc4ccccc34)c2O)c2cc(C)cc(C)c2)c1.[Mn]. The van der Waals surface area contributed by atoms with Crippen molar-refractivity contribution in [3.8, 4) is 56.0 Å². The molecule has 12 aromatic rings. The molecule has 373 valence electrons. The van der Waals surface area contributed by atoms with E-state index in [1.165, 1.54) is 0 Å². The van der Waals surface area contributed by atoms with E-state index in [0.29, 0.717) is 11.1 Å². The predicted molar refractivity (Wildman–Crippen MR) is 320 cm³/mol. The summed E-state index contributed by atoms with van der Waals surface area (Å²) in [6, 6.07) is 79.0. The second-order valence-corrected chi connectivity index (χ2v) is 20.3. The van der Waals surface area contributed by atoms with Crippen molar-refractivity contribution in [1.82, 2.24) is 0 Å². The van der Waals surface area contributed by atoms with Crippen molar-refractivity contribution in [2.75, 3.05) is 0 Å². The second-order valence-electron chi connectivity index (χ2n) is 20.3. The topological polar surface area (TPSA) is 65.2 Å². The molecule has 0 heterocycles. The quantitative estimate of drug-likeness (QED) is 0.100. The van der Waals surface area contributed by atoms with E-state index in [1.807, 2.05) is 61.0 Å². The molecule has 0 aliphatic heterocycles. The minimum Gasteiger partial charge on any atom is -0.507 e. The van der Waals surface area contributed by atoms with E-state index in [0.717, 1.165) is 121 Å². The summed E-state index contributed by atoms with van der Waals surface area (Å²) in [6.45, 7) is 8.48. The van der Waals surface area contributed by atoms with E-state index in [1.54, 1.807) is 0 Å². The molecule has 0 unspecified atom stereocenters. The Labute approximate surface area is 460 Å². The fraction of sp³-hybridized carbons (Fsp3) is 0.0833. The van der Waals surface area contributed by atoms with Crippen molar-refractivity contribution in [3.05, 3.63) is 275 Å². The summed E-state index contributed by atoms with van der Waals surface area (Å²) in [5.74, 6) is 0.303. The van der Waals surface area contributed by atoms with Crippen LogP contribution >= 0.6 is 0 Å². The van der Waals surface area contributed by atoms with Gasteiger partial charge in [0.2, 0.25) is 0 Å². The first-order valence-electron chi connectivity index (χ1n) is 26.0. The molecule has 2 N–H and O–H groups in total. The number of aryl methyl sites for hydroxylation is 4. The molecule has 0 aliphatic rings. The van der Waals surface area contributed by atoms with Gasteiger partial charge >= 0.3 is 0 Å². The van der Waals surface area contributed by atoms with E-state index in [2.05, 4.69) is 210 Å². The maximum absolute atomic E-state index is 13.0. The van der Waals surface area contributed by atoms with Crippen LogP contribution in [0.2, 0.25) is 0 Å². The second kappa shape index (κ2) is 21.4. The van der Waals surface area contributed by atoms with Crippen LogP contribution in [-0.4, -0.2) is 22.6 Å². The average molecular weight is 1040 g/mol. The van der Waals surface area contributed by atoms with E-state index in [4.69, 9.17) is 9.98 Å². The van der Waals surface area contributed by atoms with Crippen LogP contribution in [0.1, 0.15) is 56.6 Å². The number of aromatic hydroxyl groups is 2. The predicted octanol–water partition coefficient (Wildman–Crippen LogP) is 18.6. The van der Waals surface area contributed by atoms with Crippen LogP contribution in [0.3, 0.4) is 0 Å². The maximum Gasteiger partial charge on any atom is 0.132 e. The van der Waals surface area contributed by atoms with Crippen LogP contribution in [0.15, 0.2) is 241 Å². The Bertz CT molecular complexity index is 3940. The zero-order valence-electron chi connectivity index (χ0n) is 43.4. The Hall–Kier alpha value is -8.86. The summed E-state index contributed by atoms with van der Waals surface area (Å²) in [4.78, 5) is 11.2. The first-order valence-corrected chi connectivity index (χ1v) is 26.0. The van der Waals surface area contributed by atoms with Gasteiger partial charge in [0.1, 0.15) is 23.6 Å². The maximum atomic E-state index is 13.0. The average Bonchev–Trinajstić information content (AvgIpc) is 3.55. The molecule has 0 aliphatic carbocycles. The van der Waals surface area contributed by atoms with Crippen molar-refractivity contribution in [2.24, 2.45) is 9.98 Å². The van der Waals surface area contributed by atoms with Gasteiger partial charge in [0, 0.05) is 62.9 Å². The molecule has 12 rings (SSSR count). The van der Waals surface area contributed by atoms with Gasteiger partial charge in [-0.25, -0.2) is 0 Å². The van der Waals surface area contributed by atoms with Gasteiger partial charge in [-0.2, -0.15) is 0 Å². The smallest absolute Gasteiger partial charge is 0.132 e. The summed E-state index contributed by atoms with van der Waals surface area (Å²) < 4.78 is 0. The number of hydrogen-bond donors (Lipinski definition) is 2. The standard InChI is InChI=1S/C72H56N2O2.Mn/c1-45-35-46(2)38-55(37-45)69(73-43-57-41-53-25-13-17-29-61(53)67(71(57)75)65-59-27-15-11-23-51(59)31-33-63(65)49-19-7-5-8-20-49)70(56-39-47(3)36-48(4)40-56)74-44-58-42-54-26-14-18-30-62(54)68(72(58)76)66-60-28-16-12-24-52(60)32-34-64(66)50-21-9-6-10-22-50;/h5-44,69-70,75-76H,1-4H3;/t69-,70-;/m1./s1. The molecule has 0 amide bonds. The van der Waals surface area contributed by atoms with Crippen molar-refractivity contribution in [3.63, 3.8) is 0 Å². The molecule has 0 saturated heterocycles. The monoisotopic (exact) mass is 1040 g/mol. The molecule has 0 bridgehead atoms. The Balaban J connectivity index is 0.00000631. The van der Waals surface area contributed by atoms with Gasteiger partial charge < -0.3 is 10.2 Å². The minimum atomic E-state index is -0.562. The molecule has 1 radical (unpaired) electrons. The third kappa shape index (κ3) is 9.73. The Morgan fingerprint density at radius 3 is 1.00 bits per heavy atom. The van der Waals surface area contributed by atoms with E-state index < -0.39 is 12.1 Å². The molecular formula is C72H56MnN2O2. The largest absolute Gasteiger partial charge is 0.507 e. The van der Waals surface area contributed by atoms with Crippen LogP contribution in [0.4, 0.5) is 0 Å². The molecule has 77 heavy (non-hydrogen) atoms. The molecule has 0 fully saturated rings. The number of phenols is 2. The number of hydrogen-bond acceptors (Lipinski definition) is 4. The van der Waals surface area contributed by atoms with Gasteiger partial charge in [0.25, 0.3) is 0 Å². The van der Waals surface area contributed by atoms with Gasteiger partial charge in [-0.3, -0.25) is 9.98 Å². The molecule has 2 atom stereocenters. The molecule has 0 aromatic heterocycles. The van der Waals surface area contributed by atoms with Crippen molar-refractivity contribution in [1.29, 1.82) is 0 Å². The number of fused-ring (bicyclic) bond motifs is 4. The molecule has 5 heteroatoms. The van der Waals surface area contributed by atoms with Crippen molar-refractivity contribution in [2.45, 2.75) is 39.8 Å². The number of rotatable bonds is 11. The van der Waals surface area contributed by atoms with Gasteiger partial charge in [0.15, 0.2) is 0 Å². The van der Waals surface area contributed by atoms with Crippen molar-refractivity contribution >= 4 is 55.5 Å². The first kappa shape index (κ1) is 50.3. The minimum absolute atomic E-state index is 0. The Morgan fingerprint density at radius 1 is 0.325 bits per heavy atom. The van der Waals surface area contributed by atoms with E-state index >= 15 is 0 Å². The number of benzene rings is 12. The number of phenolic OH excluding ortho intramolecular Hbond substituents is 2. The van der Waals surface area contributed by atoms with E-state index in [-0.39, 0.29) is 28.6 Å². The van der Waals surface area contributed by atoms with Crippen LogP contribution < -0.4 is 0 Å². The zero-order chi connectivity index (χ0) is 51.9. The molecule has 12 aromatic carbocycles. The van der Waals surface area contributed by atoms with Gasteiger partial charge in [-0.1, -0.05) is 241 Å². The molecular weight excluding hydrogens is 980 g/mol. The first-order chi connectivity index (χ1) is 37.2. The van der Waals surface area contributed by atoms with Crippen LogP contribution in [0.5, 0.6) is 11.5 Å². The Morgan fingerprint density at radius 2 is 0.636 bits per heavy atom. The molecule has 4 nitrogen and oxygen atoms in total. The van der Waals surface area contributed by atoms with Crippen LogP contribution in [0.25, 0.3) is 87.6 Å². The molecule has 0 spiro atoms. The summed E-state index contributed by atoms with van der Waals surface area (Å²) in [5.41, 5.74) is 15.2. The Kier molecular flexibility index (Phi) is 14.0. The fourth-order valence-electron chi connectivity index (χ4n) is 11.6. The van der Waals surface area contributed by atoms with Crippen molar-refractivity contribution < 1.29 is 27.3 Å². The fourth-order valence-corrected chi connectivity index (χ4v) is 11.6. The van der Waals surface area contributed by atoms with Gasteiger partial charge in [-0.15, -0.1) is 0 Å². The summed E-state index contributed by atoms with van der Waals surface area (Å²) in [7, 11) is 0.